The first-order chi connectivity index (χ1) is 12.4. The minimum atomic E-state index is -1.000. The van der Waals surface area contributed by atoms with Gasteiger partial charge in [-0.3, -0.25) is 4.79 Å². The third-order valence-corrected chi connectivity index (χ3v) is 4.42. The number of carbonyl (C=O) groups excluding carboxylic acids is 2. The van der Waals surface area contributed by atoms with Crippen LogP contribution in [0.5, 0.6) is 5.75 Å². The number of hydrogen-bond acceptors (Lipinski definition) is 6. The molecule has 2 rings (SSSR count). The van der Waals surface area contributed by atoms with Gasteiger partial charge in [-0.2, -0.15) is 5.26 Å². The van der Waals surface area contributed by atoms with Gasteiger partial charge in [0.15, 0.2) is 12.7 Å². The summed E-state index contributed by atoms with van der Waals surface area (Å²) in [5.41, 5.74) is 1.36. The number of ether oxygens (including phenoxy) is 2. The van der Waals surface area contributed by atoms with E-state index in [-0.39, 0.29) is 12.5 Å². The summed E-state index contributed by atoms with van der Waals surface area (Å²) in [5.74, 6) is -0.265. The lowest BCUT2D eigenvalue weighted by atomic mass is 10.0. The van der Waals surface area contributed by atoms with Crippen molar-refractivity contribution in [3.8, 4) is 11.8 Å². The third kappa shape index (κ3) is 5.07. The summed E-state index contributed by atoms with van der Waals surface area (Å²) in [5, 5.41) is 13.7. The molecule has 7 heteroatoms. The zero-order valence-corrected chi connectivity index (χ0v) is 15.6. The van der Waals surface area contributed by atoms with Crippen LogP contribution in [-0.4, -0.2) is 24.6 Å². The van der Waals surface area contributed by atoms with Crippen molar-refractivity contribution in [3.05, 3.63) is 46.8 Å². The molecule has 0 unspecified atom stereocenters. The Kier molecular flexibility index (Phi) is 6.75. The molecule has 0 aliphatic rings. The van der Waals surface area contributed by atoms with Crippen molar-refractivity contribution in [2.45, 2.75) is 32.8 Å². The van der Waals surface area contributed by atoms with Gasteiger partial charge in [0.1, 0.15) is 16.8 Å². The van der Waals surface area contributed by atoms with Crippen molar-refractivity contribution in [2.24, 2.45) is 0 Å². The van der Waals surface area contributed by atoms with Gasteiger partial charge in [-0.25, -0.2) is 4.79 Å². The van der Waals surface area contributed by atoms with E-state index in [0.29, 0.717) is 16.3 Å². The van der Waals surface area contributed by atoms with E-state index in [2.05, 4.69) is 5.32 Å². The Morgan fingerprint density at radius 2 is 1.96 bits per heavy atom. The Balaban J connectivity index is 1.87. The molecule has 1 aromatic heterocycles. The molecule has 1 atom stereocenters. The second-order valence-corrected chi connectivity index (χ2v) is 6.79. The molecular formula is C19H20N2O4S. The Labute approximate surface area is 156 Å². The minimum absolute atomic E-state index is 0.257. The van der Waals surface area contributed by atoms with E-state index in [1.54, 1.807) is 17.5 Å². The summed E-state index contributed by atoms with van der Waals surface area (Å²) in [7, 11) is 0. The average Bonchev–Trinajstić information content (AvgIpc) is 3.07. The second kappa shape index (κ2) is 9.02. The molecule has 0 bridgehead atoms. The van der Waals surface area contributed by atoms with Gasteiger partial charge in [-0.1, -0.05) is 32.0 Å². The smallest absolute Gasteiger partial charge is 0.344 e. The van der Waals surface area contributed by atoms with Crippen LogP contribution in [0.2, 0.25) is 0 Å². The molecule has 1 N–H and O–H groups in total. The topological polar surface area (TPSA) is 88.4 Å². The quantitative estimate of drug-likeness (QED) is 0.749. The maximum Gasteiger partial charge on any atom is 0.344 e. The molecule has 1 amide bonds. The predicted molar refractivity (Wildman–Crippen MR) is 99.2 cm³/mol. The summed E-state index contributed by atoms with van der Waals surface area (Å²) >= 11 is 1.23. The van der Waals surface area contributed by atoms with E-state index < -0.39 is 18.0 Å². The standard InChI is InChI=1S/C19H20N2O4S/c1-12(2)15-6-4-5-7-16(15)24-11-17(22)25-13(3)18(23)21-19-14(10-20)8-9-26-19/h4-9,12-13H,11H2,1-3H3,(H,21,23)/t13-/m1/s1. The molecule has 0 fully saturated rings. The molecule has 0 radical (unpaired) electrons. The number of nitriles is 1. The largest absolute Gasteiger partial charge is 0.482 e. The Bertz CT molecular complexity index is 823. The number of para-hydroxylation sites is 1. The highest BCUT2D eigenvalue weighted by atomic mass is 32.1. The predicted octanol–water partition coefficient (Wildman–Crippen LogP) is 3.69. The first-order valence-corrected chi connectivity index (χ1v) is 9.00. The van der Waals surface area contributed by atoms with E-state index in [1.807, 2.05) is 38.1 Å². The van der Waals surface area contributed by atoms with E-state index >= 15 is 0 Å². The molecular weight excluding hydrogens is 352 g/mol. The van der Waals surface area contributed by atoms with Gasteiger partial charge in [0.05, 0.1) is 5.56 Å². The van der Waals surface area contributed by atoms with Crippen LogP contribution in [0.1, 0.15) is 37.8 Å². The zero-order chi connectivity index (χ0) is 19.1. The number of nitrogens with one attached hydrogen (secondary N) is 1. The fourth-order valence-electron chi connectivity index (χ4n) is 2.22. The number of carbonyl (C=O) groups is 2. The molecule has 0 aliphatic carbocycles. The maximum absolute atomic E-state index is 12.1. The number of benzene rings is 1. The highest BCUT2D eigenvalue weighted by Crippen LogP contribution is 2.26. The first-order valence-electron chi connectivity index (χ1n) is 8.12. The number of thiophene rings is 1. The number of rotatable bonds is 7. The van der Waals surface area contributed by atoms with Gasteiger partial charge >= 0.3 is 5.97 Å². The molecule has 0 aliphatic heterocycles. The van der Waals surface area contributed by atoms with Crippen LogP contribution in [-0.2, 0) is 14.3 Å². The molecule has 1 heterocycles. The summed E-state index contributed by atoms with van der Waals surface area (Å²) < 4.78 is 10.6. The molecule has 136 valence electrons. The van der Waals surface area contributed by atoms with Gasteiger partial charge < -0.3 is 14.8 Å². The van der Waals surface area contributed by atoms with Crippen molar-refractivity contribution in [3.63, 3.8) is 0 Å². The van der Waals surface area contributed by atoms with Crippen LogP contribution in [0.3, 0.4) is 0 Å². The fourth-order valence-corrected chi connectivity index (χ4v) is 2.96. The minimum Gasteiger partial charge on any atom is -0.482 e. The average molecular weight is 372 g/mol. The van der Waals surface area contributed by atoms with E-state index in [0.717, 1.165) is 5.56 Å². The highest BCUT2D eigenvalue weighted by molar-refractivity contribution is 7.14. The Morgan fingerprint density at radius 3 is 2.65 bits per heavy atom. The number of esters is 1. The van der Waals surface area contributed by atoms with Crippen LogP contribution in [0.25, 0.3) is 0 Å². The molecule has 0 saturated heterocycles. The summed E-state index contributed by atoms with van der Waals surface area (Å²) in [6.07, 6.45) is -1.000. The van der Waals surface area contributed by atoms with Crippen molar-refractivity contribution in [1.29, 1.82) is 5.26 Å². The lowest BCUT2D eigenvalue weighted by molar-refractivity contribution is -0.155. The van der Waals surface area contributed by atoms with Crippen LogP contribution >= 0.6 is 11.3 Å². The Morgan fingerprint density at radius 1 is 1.23 bits per heavy atom. The molecule has 0 spiro atoms. The van der Waals surface area contributed by atoms with Crippen LogP contribution in [0, 0.1) is 11.3 Å². The zero-order valence-electron chi connectivity index (χ0n) is 14.8. The van der Waals surface area contributed by atoms with Gasteiger partial charge in [0.25, 0.3) is 5.91 Å². The SMILES string of the molecule is CC(C)c1ccccc1OCC(=O)O[C@H](C)C(=O)Nc1sccc1C#N. The summed E-state index contributed by atoms with van der Waals surface area (Å²) in [6, 6.07) is 11.1. The normalized spacial score (nSPS) is 11.5. The lowest BCUT2D eigenvalue weighted by Gasteiger charge is -2.15. The van der Waals surface area contributed by atoms with E-state index in [1.165, 1.54) is 18.3 Å². The summed E-state index contributed by atoms with van der Waals surface area (Å²) in [6.45, 7) is 5.25. The fraction of sp³-hybridized carbons (Fsp3) is 0.316. The van der Waals surface area contributed by atoms with Crippen LogP contribution < -0.4 is 10.1 Å². The van der Waals surface area contributed by atoms with Gasteiger partial charge in [-0.15, -0.1) is 11.3 Å². The molecule has 26 heavy (non-hydrogen) atoms. The van der Waals surface area contributed by atoms with E-state index in [4.69, 9.17) is 14.7 Å². The third-order valence-electron chi connectivity index (χ3n) is 3.59. The van der Waals surface area contributed by atoms with Crippen molar-refractivity contribution < 1.29 is 19.1 Å². The van der Waals surface area contributed by atoms with Gasteiger partial charge in [-0.05, 0) is 35.9 Å². The van der Waals surface area contributed by atoms with Gasteiger partial charge in [0, 0.05) is 0 Å². The first kappa shape index (κ1) is 19.5. The van der Waals surface area contributed by atoms with E-state index in [9.17, 15) is 9.59 Å². The van der Waals surface area contributed by atoms with Gasteiger partial charge in [0.2, 0.25) is 0 Å². The van der Waals surface area contributed by atoms with Crippen molar-refractivity contribution in [2.75, 3.05) is 11.9 Å². The number of amides is 1. The number of hydrogen-bond donors (Lipinski definition) is 1. The lowest BCUT2D eigenvalue weighted by Crippen LogP contribution is -2.31. The van der Waals surface area contributed by atoms with Crippen molar-refractivity contribution >= 4 is 28.2 Å². The van der Waals surface area contributed by atoms with Crippen LogP contribution in [0.15, 0.2) is 35.7 Å². The Hall–Kier alpha value is -2.85. The number of nitrogens with zero attached hydrogens (tertiary/aromatic N) is 1. The van der Waals surface area contributed by atoms with Crippen molar-refractivity contribution in [1.82, 2.24) is 0 Å². The molecule has 1 aromatic carbocycles. The molecule has 6 nitrogen and oxygen atoms in total. The van der Waals surface area contributed by atoms with Crippen LogP contribution in [0.4, 0.5) is 5.00 Å². The monoisotopic (exact) mass is 372 g/mol. The molecule has 0 saturated carbocycles. The highest BCUT2D eigenvalue weighted by Gasteiger charge is 2.20. The molecule has 2 aromatic rings. The summed E-state index contributed by atoms with van der Waals surface area (Å²) in [4.78, 5) is 24.1. The number of anilines is 1. The maximum atomic E-state index is 12.1. The second-order valence-electron chi connectivity index (χ2n) is 5.88.